The molecule has 128 valence electrons. The Kier molecular flexibility index (Phi) is 9.16. The molecule has 0 spiro atoms. The molecule has 0 fully saturated rings. The van der Waals surface area contributed by atoms with Crippen molar-refractivity contribution in [2.45, 2.75) is 104 Å². The van der Waals surface area contributed by atoms with Gasteiger partial charge in [0.25, 0.3) is 0 Å². The average Bonchev–Trinajstić information content (AvgIpc) is 2.89. The zero-order valence-corrected chi connectivity index (χ0v) is 15.9. The third-order valence-corrected chi connectivity index (χ3v) is 5.19. The average molecular weight is 327 g/mol. The molecule has 0 aliphatic carbocycles. The van der Waals surface area contributed by atoms with Crippen LogP contribution in [0.25, 0.3) is 0 Å². The molecule has 3 heteroatoms. The predicted molar refractivity (Wildman–Crippen MR) is 97.8 cm³/mol. The van der Waals surface area contributed by atoms with Crippen LogP contribution in [0.3, 0.4) is 0 Å². The summed E-state index contributed by atoms with van der Waals surface area (Å²) in [5, 5.41) is 0.690. The highest BCUT2D eigenvalue weighted by atomic mass is 35.5. The van der Waals surface area contributed by atoms with Crippen molar-refractivity contribution in [3.63, 3.8) is 0 Å². The number of hydrogen-bond donors (Lipinski definition) is 0. The van der Waals surface area contributed by atoms with Gasteiger partial charge >= 0.3 is 0 Å². The summed E-state index contributed by atoms with van der Waals surface area (Å²) in [6.07, 6.45) is 16.0. The second kappa shape index (κ2) is 10.3. The molecule has 0 bridgehead atoms. The van der Waals surface area contributed by atoms with Gasteiger partial charge in [0.1, 0.15) is 5.15 Å². The third-order valence-electron chi connectivity index (χ3n) is 4.87. The predicted octanol–water partition coefficient (Wildman–Crippen LogP) is 6.75. The normalized spacial score (nSPS) is 14.2. The third kappa shape index (κ3) is 5.61. The highest BCUT2D eigenvalue weighted by Gasteiger charge is 2.28. The Morgan fingerprint density at radius 3 is 2.09 bits per heavy atom. The van der Waals surface area contributed by atoms with Crippen LogP contribution in [-0.2, 0) is 12.0 Å². The quantitative estimate of drug-likeness (QED) is 0.388. The van der Waals surface area contributed by atoms with E-state index in [1.165, 1.54) is 69.9 Å². The summed E-state index contributed by atoms with van der Waals surface area (Å²) in [5.41, 5.74) is 1.38. The van der Waals surface area contributed by atoms with Gasteiger partial charge in [0, 0.05) is 5.54 Å². The fraction of sp³-hybridized carbons (Fsp3) is 0.842. The largest absolute Gasteiger partial charge is 0.327 e. The number of unbranched alkanes of at least 4 members (excludes halogenated alkanes) is 6. The maximum Gasteiger partial charge on any atom is 0.150 e. The molecule has 1 rings (SSSR count). The van der Waals surface area contributed by atoms with Gasteiger partial charge in [-0.25, -0.2) is 4.98 Å². The fourth-order valence-electron chi connectivity index (χ4n) is 3.36. The van der Waals surface area contributed by atoms with E-state index in [-0.39, 0.29) is 5.54 Å². The maximum absolute atomic E-state index is 6.28. The van der Waals surface area contributed by atoms with Crippen molar-refractivity contribution in [3.8, 4) is 0 Å². The number of halogens is 1. The molecule has 0 amide bonds. The Morgan fingerprint density at radius 2 is 1.50 bits per heavy atom. The van der Waals surface area contributed by atoms with E-state index in [1.807, 2.05) is 6.33 Å². The van der Waals surface area contributed by atoms with Crippen molar-refractivity contribution in [2.75, 3.05) is 0 Å². The van der Waals surface area contributed by atoms with Crippen molar-refractivity contribution < 1.29 is 0 Å². The number of rotatable bonds is 12. The first-order chi connectivity index (χ1) is 10.6. The van der Waals surface area contributed by atoms with Crippen LogP contribution in [0.1, 0.15) is 97.6 Å². The zero-order chi connectivity index (χ0) is 16.4. The Labute approximate surface area is 142 Å². The molecule has 1 aromatic heterocycles. The van der Waals surface area contributed by atoms with Gasteiger partial charge in [-0.15, -0.1) is 0 Å². The number of nitrogens with zero attached hydrogens (tertiary/aromatic N) is 2. The van der Waals surface area contributed by atoms with E-state index in [1.54, 1.807) is 0 Å². The zero-order valence-electron chi connectivity index (χ0n) is 15.1. The second-order valence-electron chi connectivity index (χ2n) is 6.82. The summed E-state index contributed by atoms with van der Waals surface area (Å²) in [4.78, 5) is 4.37. The van der Waals surface area contributed by atoms with Gasteiger partial charge < -0.3 is 4.57 Å². The van der Waals surface area contributed by atoms with Crippen molar-refractivity contribution in [1.82, 2.24) is 9.55 Å². The number of imidazole rings is 1. The molecular weight excluding hydrogens is 292 g/mol. The topological polar surface area (TPSA) is 17.8 Å². The fourth-order valence-corrected chi connectivity index (χ4v) is 3.63. The van der Waals surface area contributed by atoms with Crippen LogP contribution in [0, 0.1) is 0 Å². The summed E-state index contributed by atoms with van der Waals surface area (Å²) >= 11 is 6.28. The van der Waals surface area contributed by atoms with Crippen LogP contribution in [0.2, 0.25) is 5.15 Å². The molecule has 0 saturated carbocycles. The summed E-state index contributed by atoms with van der Waals surface area (Å²) in [7, 11) is 0. The highest BCUT2D eigenvalue weighted by Crippen LogP contribution is 2.33. The van der Waals surface area contributed by atoms with E-state index in [0.717, 1.165) is 6.42 Å². The summed E-state index contributed by atoms with van der Waals surface area (Å²) in [5.74, 6) is 0. The van der Waals surface area contributed by atoms with Gasteiger partial charge in [-0.2, -0.15) is 0 Å². The molecule has 0 aromatic carbocycles. The van der Waals surface area contributed by atoms with Crippen molar-refractivity contribution >= 4 is 11.6 Å². The summed E-state index contributed by atoms with van der Waals surface area (Å²) in [6.45, 7) is 9.12. The van der Waals surface area contributed by atoms with Crippen LogP contribution in [0.4, 0.5) is 0 Å². The van der Waals surface area contributed by atoms with E-state index in [9.17, 15) is 0 Å². The lowest BCUT2D eigenvalue weighted by Gasteiger charge is -2.33. The number of aromatic nitrogens is 2. The van der Waals surface area contributed by atoms with E-state index >= 15 is 0 Å². The van der Waals surface area contributed by atoms with Gasteiger partial charge in [-0.05, 0) is 26.2 Å². The Balaban J connectivity index is 2.76. The monoisotopic (exact) mass is 326 g/mol. The molecule has 1 aromatic rings. The Bertz CT molecular complexity index is 414. The molecule has 2 nitrogen and oxygen atoms in total. The van der Waals surface area contributed by atoms with Crippen LogP contribution < -0.4 is 0 Å². The van der Waals surface area contributed by atoms with Gasteiger partial charge in [-0.3, -0.25) is 0 Å². The minimum Gasteiger partial charge on any atom is -0.327 e. The molecule has 1 atom stereocenters. The summed E-state index contributed by atoms with van der Waals surface area (Å²) in [6, 6.07) is 0. The van der Waals surface area contributed by atoms with E-state index in [4.69, 9.17) is 11.6 Å². The number of hydrogen-bond acceptors (Lipinski definition) is 1. The molecule has 0 N–H and O–H groups in total. The molecular formula is C19H35ClN2. The molecule has 22 heavy (non-hydrogen) atoms. The van der Waals surface area contributed by atoms with E-state index < -0.39 is 0 Å². The van der Waals surface area contributed by atoms with Crippen molar-refractivity contribution in [3.05, 3.63) is 17.2 Å². The molecule has 0 aliphatic heterocycles. The maximum atomic E-state index is 6.28. The van der Waals surface area contributed by atoms with Gasteiger partial charge in [0.15, 0.2) is 0 Å². The molecule has 1 heterocycles. The first kappa shape index (κ1) is 19.5. The molecule has 0 saturated heterocycles. The molecule has 1 unspecified atom stereocenters. The smallest absolute Gasteiger partial charge is 0.150 e. The van der Waals surface area contributed by atoms with Crippen LogP contribution >= 0.6 is 11.6 Å². The van der Waals surface area contributed by atoms with Crippen molar-refractivity contribution in [2.24, 2.45) is 0 Å². The lowest BCUT2D eigenvalue weighted by molar-refractivity contribution is 0.245. The second-order valence-corrected chi connectivity index (χ2v) is 7.18. The van der Waals surface area contributed by atoms with Crippen LogP contribution in [-0.4, -0.2) is 9.55 Å². The van der Waals surface area contributed by atoms with E-state index in [2.05, 4.69) is 37.2 Å². The van der Waals surface area contributed by atoms with Crippen molar-refractivity contribution in [1.29, 1.82) is 0 Å². The standard InChI is InChI=1S/C19H35ClN2/c1-5-8-10-11-13-15-19(4,14-12-9-6-2)22-16-21-18(20)17(22)7-3/h16H,5-15H2,1-4H3. The van der Waals surface area contributed by atoms with Crippen LogP contribution in [0.15, 0.2) is 6.33 Å². The minimum absolute atomic E-state index is 0.173. The summed E-state index contributed by atoms with van der Waals surface area (Å²) < 4.78 is 2.38. The first-order valence-corrected chi connectivity index (χ1v) is 9.69. The lowest BCUT2D eigenvalue weighted by Crippen LogP contribution is -2.31. The first-order valence-electron chi connectivity index (χ1n) is 9.31. The highest BCUT2D eigenvalue weighted by molar-refractivity contribution is 6.30. The van der Waals surface area contributed by atoms with Gasteiger partial charge in [-0.1, -0.05) is 83.7 Å². The minimum atomic E-state index is 0.173. The Hall–Kier alpha value is -0.500. The Morgan fingerprint density at radius 1 is 0.955 bits per heavy atom. The van der Waals surface area contributed by atoms with Gasteiger partial charge in [0.2, 0.25) is 0 Å². The van der Waals surface area contributed by atoms with Crippen LogP contribution in [0.5, 0.6) is 0 Å². The molecule has 0 aliphatic rings. The SMILES string of the molecule is CCCCCCCC(C)(CCCCC)n1cnc(Cl)c1CC. The molecule has 0 radical (unpaired) electrons. The van der Waals surface area contributed by atoms with E-state index in [0.29, 0.717) is 5.15 Å². The van der Waals surface area contributed by atoms with Gasteiger partial charge in [0.05, 0.1) is 12.0 Å². The lowest BCUT2D eigenvalue weighted by atomic mass is 9.87.